The number of carboxylic acids is 1. The third-order valence-corrected chi connectivity index (χ3v) is 6.04. The monoisotopic (exact) mass is 517 g/mol. The molecule has 5 nitrogen and oxygen atoms in total. The fourth-order valence-electron chi connectivity index (χ4n) is 3.95. The van der Waals surface area contributed by atoms with Gasteiger partial charge in [-0.05, 0) is 73.5 Å². The molecular weight excluding hydrogens is 495 g/mol. The zero-order valence-corrected chi connectivity index (χ0v) is 20.2. The van der Waals surface area contributed by atoms with E-state index in [1.165, 1.54) is 6.07 Å². The van der Waals surface area contributed by atoms with Crippen LogP contribution in [0.5, 0.6) is 17.2 Å². The molecule has 0 aliphatic rings. The predicted octanol–water partition coefficient (Wildman–Crippen LogP) is 7.70. The Bertz CT molecular complexity index is 1400. The van der Waals surface area contributed by atoms with E-state index in [-0.39, 0.29) is 13.0 Å². The second-order valence-electron chi connectivity index (χ2n) is 8.29. The summed E-state index contributed by atoms with van der Waals surface area (Å²) >= 11 is 5.96. The Hall–Kier alpha value is -3.65. The molecule has 4 aromatic rings. The third-order valence-electron chi connectivity index (χ3n) is 5.79. The third kappa shape index (κ3) is 5.44. The molecular formula is C27H23ClF3NO4. The summed E-state index contributed by atoms with van der Waals surface area (Å²) in [5, 5.41) is 10.3. The van der Waals surface area contributed by atoms with E-state index in [0.717, 1.165) is 17.7 Å². The lowest BCUT2D eigenvalue weighted by Crippen LogP contribution is -2.25. The van der Waals surface area contributed by atoms with Gasteiger partial charge in [-0.1, -0.05) is 30.7 Å². The average molecular weight is 518 g/mol. The number of rotatable bonds is 8. The van der Waals surface area contributed by atoms with Gasteiger partial charge in [-0.25, -0.2) is 4.79 Å². The van der Waals surface area contributed by atoms with Gasteiger partial charge in [-0.15, -0.1) is 0 Å². The Morgan fingerprint density at radius 1 is 1.06 bits per heavy atom. The zero-order chi connectivity index (χ0) is 26.0. The molecule has 0 saturated heterocycles. The van der Waals surface area contributed by atoms with Gasteiger partial charge in [0.05, 0.1) is 16.8 Å². The maximum atomic E-state index is 13.5. The molecule has 0 bridgehead atoms. The Balaban J connectivity index is 1.77. The first kappa shape index (κ1) is 25.4. The van der Waals surface area contributed by atoms with Gasteiger partial charge in [0.1, 0.15) is 11.5 Å². The lowest BCUT2D eigenvalue weighted by Gasteiger charge is -2.15. The van der Waals surface area contributed by atoms with Crippen LogP contribution >= 0.6 is 11.6 Å². The summed E-state index contributed by atoms with van der Waals surface area (Å²) in [5.41, 5.74) is 0.941. The summed E-state index contributed by atoms with van der Waals surface area (Å²) in [7, 11) is 0. The molecule has 0 aliphatic carbocycles. The number of carboxylic acid groups (broad SMARTS) is 1. The Morgan fingerprint density at radius 3 is 2.42 bits per heavy atom. The van der Waals surface area contributed by atoms with E-state index in [1.54, 1.807) is 66.9 Å². The van der Waals surface area contributed by atoms with E-state index in [0.29, 0.717) is 38.9 Å². The van der Waals surface area contributed by atoms with Crippen molar-refractivity contribution in [2.24, 2.45) is 0 Å². The minimum Gasteiger partial charge on any atom is -0.479 e. The van der Waals surface area contributed by atoms with Crippen molar-refractivity contribution >= 4 is 28.5 Å². The first-order chi connectivity index (χ1) is 17.1. The van der Waals surface area contributed by atoms with E-state index in [9.17, 15) is 23.1 Å². The van der Waals surface area contributed by atoms with E-state index in [2.05, 4.69) is 0 Å². The highest BCUT2D eigenvalue weighted by Crippen LogP contribution is 2.40. The van der Waals surface area contributed by atoms with E-state index in [4.69, 9.17) is 21.1 Å². The summed E-state index contributed by atoms with van der Waals surface area (Å²) in [5.74, 6) is 0.227. The highest BCUT2D eigenvalue weighted by molar-refractivity contribution is 6.30. The van der Waals surface area contributed by atoms with Gasteiger partial charge >= 0.3 is 12.1 Å². The molecule has 1 atom stereocenters. The Morgan fingerprint density at radius 2 is 1.78 bits per heavy atom. The molecule has 0 fully saturated rings. The van der Waals surface area contributed by atoms with Gasteiger partial charge < -0.3 is 19.1 Å². The number of nitrogens with zero attached hydrogens (tertiary/aromatic N) is 1. The molecule has 0 radical (unpaired) electrons. The normalized spacial score (nSPS) is 12.5. The van der Waals surface area contributed by atoms with Crippen LogP contribution in [0.1, 0.15) is 30.2 Å². The summed E-state index contributed by atoms with van der Waals surface area (Å²) in [6.45, 7) is 3.70. The summed E-state index contributed by atoms with van der Waals surface area (Å²) in [4.78, 5) is 11.3. The van der Waals surface area contributed by atoms with Crippen LogP contribution < -0.4 is 9.47 Å². The van der Waals surface area contributed by atoms with Gasteiger partial charge in [0.15, 0.2) is 11.9 Å². The smallest absolute Gasteiger partial charge is 0.416 e. The van der Waals surface area contributed by atoms with Gasteiger partial charge in [0.25, 0.3) is 0 Å². The first-order valence-electron chi connectivity index (χ1n) is 11.2. The molecule has 4 rings (SSSR count). The number of carbonyl (C=O) groups is 1. The molecule has 3 aromatic carbocycles. The van der Waals surface area contributed by atoms with Crippen molar-refractivity contribution in [1.29, 1.82) is 0 Å². The van der Waals surface area contributed by atoms with Gasteiger partial charge in [-0.3, -0.25) is 0 Å². The minimum absolute atomic E-state index is 0.217. The van der Waals surface area contributed by atoms with Crippen molar-refractivity contribution in [2.45, 2.75) is 39.1 Å². The molecule has 1 aromatic heterocycles. The molecule has 0 spiro atoms. The first-order valence-corrected chi connectivity index (χ1v) is 11.6. The van der Waals surface area contributed by atoms with Crippen LogP contribution in [0.25, 0.3) is 10.9 Å². The van der Waals surface area contributed by atoms with Crippen LogP contribution in [0, 0.1) is 6.92 Å². The van der Waals surface area contributed by atoms with E-state index in [1.807, 2.05) is 0 Å². The molecule has 1 unspecified atom stereocenters. The van der Waals surface area contributed by atoms with Gasteiger partial charge in [0.2, 0.25) is 0 Å². The topological polar surface area (TPSA) is 60.7 Å². The Labute approximate surface area is 210 Å². The standard InChI is InChI=1S/C27H23ClF3NO4/c1-3-24(26(33)34)35-21-6-4-5-17(13-21)15-32-16(2)25(36-20-10-8-19(28)9-11-20)22-12-7-18(14-23(22)32)27(29,30)31/h4-14,24H,3,15H2,1-2H3,(H,33,34). The van der Waals surface area contributed by atoms with Crippen molar-refractivity contribution in [3.63, 3.8) is 0 Å². The van der Waals surface area contributed by atoms with Crippen LogP contribution in [0.2, 0.25) is 5.02 Å². The molecule has 0 saturated carbocycles. The average Bonchev–Trinajstić information content (AvgIpc) is 3.08. The molecule has 36 heavy (non-hydrogen) atoms. The van der Waals surface area contributed by atoms with Crippen molar-refractivity contribution in [2.75, 3.05) is 0 Å². The van der Waals surface area contributed by atoms with E-state index < -0.39 is 23.8 Å². The maximum Gasteiger partial charge on any atom is 0.416 e. The minimum atomic E-state index is -4.51. The van der Waals surface area contributed by atoms with Crippen molar-refractivity contribution in [3.05, 3.63) is 88.6 Å². The zero-order valence-electron chi connectivity index (χ0n) is 19.5. The van der Waals surface area contributed by atoms with Crippen LogP contribution in [0.4, 0.5) is 13.2 Å². The Kier molecular flexibility index (Phi) is 7.17. The van der Waals surface area contributed by atoms with E-state index >= 15 is 0 Å². The molecule has 0 amide bonds. The van der Waals surface area contributed by atoms with Crippen molar-refractivity contribution in [1.82, 2.24) is 4.57 Å². The summed E-state index contributed by atoms with van der Waals surface area (Å²) < 4.78 is 54.0. The predicted molar refractivity (Wildman–Crippen MR) is 131 cm³/mol. The number of fused-ring (bicyclic) bond motifs is 1. The second kappa shape index (κ2) is 10.1. The number of hydrogen-bond donors (Lipinski definition) is 1. The quantitative estimate of drug-likeness (QED) is 0.260. The number of aromatic nitrogens is 1. The van der Waals surface area contributed by atoms with Crippen molar-refractivity contribution < 1.29 is 32.5 Å². The molecule has 188 valence electrons. The SMILES string of the molecule is CCC(Oc1cccc(Cn2c(C)c(Oc3ccc(Cl)cc3)c3ccc(C(F)(F)F)cc32)c1)C(=O)O. The van der Waals surface area contributed by atoms with Gasteiger partial charge in [-0.2, -0.15) is 13.2 Å². The number of aliphatic carboxylic acids is 1. The lowest BCUT2D eigenvalue weighted by molar-refractivity contribution is -0.145. The molecule has 1 heterocycles. The number of halogens is 4. The molecule has 1 N–H and O–H groups in total. The number of benzene rings is 3. The molecule has 0 aliphatic heterocycles. The fraction of sp³-hybridized carbons (Fsp3) is 0.222. The van der Waals surface area contributed by atoms with Crippen LogP contribution in [-0.2, 0) is 17.5 Å². The second-order valence-corrected chi connectivity index (χ2v) is 8.72. The van der Waals surface area contributed by atoms with Crippen molar-refractivity contribution in [3.8, 4) is 17.2 Å². The number of hydrogen-bond acceptors (Lipinski definition) is 3. The highest BCUT2D eigenvalue weighted by Gasteiger charge is 2.31. The largest absolute Gasteiger partial charge is 0.479 e. The highest BCUT2D eigenvalue weighted by atomic mass is 35.5. The van der Waals surface area contributed by atoms with Crippen LogP contribution in [-0.4, -0.2) is 21.7 Å². The maximum absolute atomic E-state index is 13.5. The fourth-order valence-corrected chi connectivity index (χ4v) is 4.07. The summed E-state index contributed by atoms with van der Waals surface area (Å²) in [6, 6.07) is 17.1. The lowest BCUT2D eigenvalue weighted by atomic mass is 10.1. The van der Waals surface area contributed by atoms with Crippen LogP contribution in [0.15, 0.2) is 66.7 Å². The summed E-state index contributed by atoms with van der Waals surface area (Å²) in [6.07, 6.45) is -5.22. The molecule has 9 heteroatoms. The number of ether oxygens (including phenoxy) is 2. The number of alkyl halides is 3. The van der Waals surface area contributed by atoms with Gasteiger partial charge in [0, 0.05) is 17.0 Å². The van der Waals surface area contributed by atoms with Crippen LogP contribution in [0.3, 0.4) is 0 Å².